The Labute approximate surface area is 186 Å². The summed E-state index contributed by atoms with van der Waals surface area (Å²) in [6.45, 7) is 0. The third-order valence-electron chi connectivity index (χ3n) is 5.75. The predicted molar refractivity (Wildman–Crippen MR) is 131 cm³/mol. The van der Waals surface area contributed by atoms with Crippen LogP contribution in [-0.4, -0.2) is 15.0 Å². The molecule has 3 nitrogen and oxygen atoms in total. The van der Waals surface area contributed by atoms with E-state index in [0.717, 1.165) is 38.6 Å². The Morgan fingerprint density at radius 3 is 1.94 bits per heavy atom. The maximum Gasteiger partial charge on any atom is 0.160 e. The normalized spacial score (nSPS) is 11.1. The summed E-state index contributed by atoms with van der Waals surface area (Å²) in [5.41, 5.74) is 6.00. The zero-order chi connectivity index (χ0) is 21.3. The molecule has 0 radical (unpaired) electrons. The van der Waals surface area contributed by atoms with Gasteiger partial charge in [-0.15, -0.1) is 0 Å². The highest BCUT2D eigenvalue weighted by molar-refractivity contribution is 6.01. The summed E-state index contributed by atoms with van der Waals surface area (Å²) in [5, 5.41) is 3.24. The molecule has 0 unspecified atom stereocenters. The van der Waals surface area contributed by atoms with Crippen molar-refractivity contribution in [3.05, 3.63) is 115 Å². The topological polar surface area (TPSA) is 38.7 Å². The van der Waals surface area contributed by atoms with Crippen molar-refractivity contribution in [2.75, 3.05) is 0 Å². The van der Waals surface area contributed by atoms with E-state index in [2.05, 4.69) is 66.7 Å². The lowest BCUT2D eigenvalue weighted by Gasteiger charge is -2.11. The smallest absolute Gasteiger partial charge is 0.160 e. The molecule has 0 N–H and O–H groups in total. The Morgan fingerprint density at radius 1 is 0.438 bits per heavy atom. The van der Waals surface area contributed by atoms with Gasteiger partial charge < -0.3 is 0 Å². The number of nitrogens with zero attached hydrogens (tertiary/aromatic N) is 3. The quantitative estimate of drug-likeness (QED) is 0.311. The molecule has 0 atom stereocenters. The van der Waals surface area contributed by atoms with Gasteiger partial charge in [0.15, 0.2) is 5.82 Å². The van der Waals surface area contributed by atoms with Crippen LogP contribution in [0.4, 0.5) is 0 Å². The van der Waals surface area contributed by atoms with Crippen LogP contribution in [-0.2, 0) is 0 Å². The molecule has 6 rings (SSSR count). The second-order valence-electron chi connectivity index (χ2n) is 7.74. The Balaban J connectivity index is 1.54. The van der Waals surface area contributed by atoms with Gasteiger partial charge >= 0.3 is 0 Å². The number of hydrogen-bond acceptors (Lipinski definition) is 3. The summed E-state index contributed by atoms with van der Waals surface area (Å²) in [6, 6.07) is 37.3. The fourth-order valence-electron chi connectivity index (χ4n) is 4.14. The van der Waals surface area contributed by atoms with Crippen molar-refractivity contribution in [1.29, 1.82) is 0 Å². The first-order valence-electron chi connectivity index (χ1n) is 10.6. The van der Waals surface area contributed by atoms with Crippen LogP contribution in [0.2, 0.25) is 0 Å². The van der Waals surface area contributed by atoms with Crippen LogP contribution >= 0.6 is 0 Å². The third-order valence-corrected chi connectivity index (χ3v) is 5.75. The summed E-state index contributed by atoms with van der Waals surface area (Å²) >= 11 is 0. The maximum atomic E-state index is 5.02. The molecule has 150 valence electrons. The molecule has 0 aliphatic heterocycles. The number of hydrogen-bond donors (Lipinski definition) is 0. The second kappa shape index (κ2) is 7.71. The minimum Gasteiger partial charge on any atom is -0.254 e. The molecule has 4 aromatic carbocycles. The van der Waals surface area contributed by atoms with E-state index in [1.165, 1.54) is 11.1 Å². The van der Waals surface area contributed by atoms with Crippen LogP contribution in [0.25, 0.3) is 55.6 Å². The standard InChI is InChI=1S/C29H19N3/c1-2-8-20(9-3-1)21-14-16-23(17-15-21)29-31-26-13-7-6-12-25(26)28(32-29)27-24-11-5-4-10-22(24)18-19-30-27/h1-19H. The number of rotatable bonds is 3. The zero-order valence-corrected chi connectivity index (χ0v) is 17.3. The third kappa shape index (κ3) is 3.21. The first-order valence-corrected chi connectivity index (χ1v) is 10.6. The molecule has 0 aliphatic carbocycles. The van der Waals surface area contributed by atoms with Crippen LogP contribution in [0, 0.1) is 0 Å². The minimum atomic E-state index is 0.702. The van der Waals surface area contributed by atoms with Gasteiger partial charge in [0.2, 0.25) is 0 Å². The molecular formula is C29H19N3. The highest BCUT2D eigenvalue weighted by Crippen LogP contribution is 2.32. The van der Waals surface area contributed by atoms with Gasteiger partial charge in [-0.3, -0.25) is 4.98 Å². The maximum absolute atomic E-state index is 5.02. The molecule has 6 aromatic rings. The van der Waals surface area contributed by atoms with E-state index in [4.69, 9.17) is 15.0 Å². The summed E-state index contributed by atoms with van der Waals surface area (Å²) < 4.78 is 0. The number of aromatic nitrogens is 3. The van der Waals surface area contributed by atoms with E-state index in [9.17, 15) is 0 Å². The predicted octanol–water partition coefficient (Wildman–Crippen LogP) is 7.18. The molecule has 0 saturated carbocycles. The molecule has 0 bridgehead atoms. The summed E-state index contributed by atoms with van der Waals surface area (Å²) in [7, 11) is 0. The molecule has 0 saturated heterocycles. The molecule has 0 fully saturated rings. The lowest BCUT2D eigenvalue weighted by Crippen LogP contribution is -1.97. The van der Waals surface area contributed by atoms with Crippen molar-refractivity contribution >= 4 is 21.7 Å². The van der Waals surface area contributed by atoms with E-state index < -0.39 is 0 Å². The van der Waals surface area contributed by atoms with Crippen molar-refractivity contribution in [1.82, 2.24) is 15.0 Å². The molecule has 2 aromatic heterocycles. The summed E-state index contributed by atoms with van der Waals surface area (Å²) in [4.78, 5) is 14.6. The SMILES string of the molecule is c1ccc(-c2ccc(-c3nc(-c4nccc5ccccc45)c4ccccc4n3)cc2)cc1. The second-order valence-corrected chi connectivity index (χ2v) is 7.74. The van der Waals surface area contributed by atoms with Crippen LogP contribution in [0.1, 0.15) is 0 Å². The highest BCUT2D eigenvalue weighted by Gasteiger charge is 2.14. The van der Waals surface area contributed by atoms with Crippen molar-refractivity contribution < 1.29 is 0 Å². The van der Waals surface area contributed by atoms with Crippen LogP contribution < -0.4 is 0 Å². The van der Waals surface area contributed by atoms with Crippen molar-refractivity contribution in [3.8, 4) is 33.9 Å². The Hall–Kier alpha value is -4.37. The molecule has 0 amide bonds. The van der Waals surface area contributed by atoms with Gasteiger partial charge in [0.05, 0.1) is 11.2 Å². The number of fused-ring (bicyclic) bond motifs is 2. The Kier molecular flexibility index (Phi) is 4.43. The molecule has 0 spiro atoms. The summed E-state index contributed by atoms with van der Waals surface area (Å²) in [5.74, 6) is 0.702. The van der Waals surface area contributed by atoms with Gasteiger partial charge in [-0.1, -0.05) is 97.1 Å². The monoisotopic (exact) mass is 409 g/mol. The lowest BCUT2D eigenvalue weighted by molar-refractivity contribution is 1.21. The van der Waals surface area contributed by atoms with Crippen LogP contribution in [0.5, 0.6) is 0 Å². The van der Waals surface area contributed by atoms with E-state index in [-0.39, 0.29) is 0 Å². The van der Waals surface area contributed by atoms with Crippen LogP contribution in [0.15, 0.2) is 115 Å². The Morgan fingerprint density at radius 2 is 1.09 bits per heavy atom. The first kappa shape index (κ1) is 18.4. The van der Waals surface area contributed by atoms with Gasteiger partial charge in [-0.05, 0) is 28.6 Å². The fraction of sp³-hybridized carbons (Fsp3) is 0. The molecule has 3 heteroatoms. The highest BCUT2D eigenvalue weighted by atomic mass is 14.9. The lowest BCUT2D eigenvalue weighted by atomic mass is 10.0. The minimum absolute atomic E-state index is 0.702. The molecular weight excluding hydrogens is 390 g/mol. The summed E-state index contributed by atoms with van der Waals surface area (Å²) in [6.07, 6.45) is 1.85. The van der Waals surface area contributed by atoms with E-state index >= 15 is 0 Å². The number of benzene rings is 4. The number of para-hydroxylation sites is 1. The van der Waals surface area contributed by atoms with Crippen LogP contribution in [0.3, 0.4) is 0 Å². The van der Waals surface area contributed by atoms with Gasteiger partial charge in [0, 0.05) is 22.5 Å². The average Bonchev–Trinajstić information content (AvgIpc) is 2.88. The molecule has 32 heavy (non-hydrogen) atoms. The molecule has 2 heterocycles. The van der Waals surface area contributed by atoms with Crippen molar-refractivity contribution in [2.24, 2.45) is 0 Å². The van der Waals surface area contributed by atoms with Gasteiger partial charge in [-0.25, -0.2) is 9.97 Å². The van der Waals surface area contributed by atoms with Gasteiger partial charge in [0.1, 0.15) is 5.69 Å². The average molecular weight is 409 g/mol. The molecule has 0 aliphatic rings. The van der Waals surface area contributed by atoms with Gasteiger partial charge in [0.25, 0.3) is 0 Å². The number of pyridine rings is 1. The van der Waals surface area contributed by atoms with Crippen molar-refractivity contribution in [2.45, 2.75) is 0 Å². The Bertz CT molecular complexity index is 1550. The fourth-order valence-corrected chi connectivity index (χ4v) is 4.14. The first-order chi connectivity index (χ1) is 15.9. The van der Waals surface area contributed by atoms with E-state index in [1.54, 1.807) is 0 Å². The van der Waals surface area contributed by atoms with E-state index in [1.807, 2.05) is 48.7 Å². The zero-order valence-electron chi connectivity index (χ0n) is 17.3. The van der Waals surface area contributed by atoms with Gasteiger partial charge in [-0.2, -0.15) is 0 Å². The van der Waals surface area contributed by atoms with Crippen molar-refractivity contribution in [3.63, 3.8) is 0 Å². The largest absolute Gasteiger partial charge is 0.254 e. The van der Waals surface area contributed by atoms with E-state index in [0.29, 0.717) is 5.82 Å².